The zero-order valence-electron chi connectivity index (χ0n) is 16.9. The summed E-state index contributed by atoms with van der Waals surface area (Å²) in [7, 11) is 1.94. The van der Waals surface area contributed by atoms with E-state index in [9.17, 15) is 13.2 Å². The molecule has 2 N–H and O–H groups in total. The second-order valence-corrected chi connectivity index (χ2v) is 8.00. The van der Waals surface area contributed by atoms with Crippen LogP contribution in [0.4, 0.5) is 24.8 Å². The maximum Gasteiger partial charge on any atom is 0.434 e. The molecular formula is C21H22F3N7. The van der Waals surface area contributed by atoms with E-state index in [2.05, 4.69) is 25.6 Å². The van der Waals surface area contributed by atoms with E-state index in [0.717, 1.165) is 48.7 Å². The number of pyridine rings is 2. The van der Waals surface area contributed by atoms with Crippen LogP contribution in [-0.2, 0) is 13.2 Å². The van der Waals surface area contributed by atoms with E-state index in [1.165, 1.54) is 4.40 Å². The van der Waals surface area contributed by atoms with E-state index in [4.69, 9.17) is 0 Å². The topological polar surface area (TPSA) is 72.1 Å². The number of hydrogen-bond donors (Lipinski definition) is 2. The van der Waals surface area contributed by atoms with Gasteiger partial charge in [0.2, 0.25) is 0 Å². The lowest BCUT2D eigenvalue weighted by Crippen LogP contribution is -2.35. The monoisotopic (exact) mass is 429 g/mol. The molecule has 31 heavy (non-hydrogen) atoms. The van der Waals surface area contributed by atoms with Gasteiger partial charge in [-0.3, -0.25) is 4.40 Å². The van der Waals surface area contributed by atoms with E-state index >= 15 is 0 Å². The highest BCUT2D eigenvalue weighted by Crippen LogP contribution is 2.31. The highest BCUT2D eigenvalue weighted by atomic mass is 19.4. The van der Waals surface area contributed by atoms with Gasteiger partial charge in [0.1, 0.15) is 17.0 Å². The van der Waals surface area contributed by atoms with Crippen molar-refractivity contribution in [3.8, 4) is 0 Å². The maximum absolute atomic E-state index is 13.1. The second-order valence-electron chi connectivity index (χ2n) is 8.00. The molecule has 0 bridgehead atoms. The molecule has 5 rings (SSSR count). The molecule has 1 aliphatic carbocycles. The highest BCUT2D eigenvalue weighted by molar-refractivity contribution is 5.86. The standard InChI is InChI=1S/C21H22F3N7/c1-30-12-26-15-8-9-25-20(19(15)30)28-14-5-2-4-13(10-14)27-17-6-3-7-18-29-16(11-31(17)18)21(22,23)24/h3,6-9,11-14,27H,2,4-5,10H2,1H3,(H,25,28)/t13-,14+/m0/s1. The molecule has 7 nitrogen and oxygen atoms in total. The number of hydrogen-bond acceptors (Lipinski definition) is 5. The number of nitrogens with one attached hydrogen (secondary N) is 2. The van der Waals surface area contributed by atoms with Gasteiger partial charge in [-0.25, -0.2) is 15.0 Å². The first kappa shape index (κ1) is 19.7. The fourth-order valence-corrected chi connectivity index (χ4v) is 4.33. The molecule has 0 amide bonds. The molecule has 10 heteroatoms. The van der Waals surface area contributed by atoms with Crippen molar-refractivity contribution in [2.75, 3.05) is 10.6 Å². The Hall–Kier alpha value is -3.30. The van der Waals surface area contributed by atoms with Crippen molar-refractivity contribution < 1.29 is 13.2 Å². The summed E-state index contributed by atoms with van der Waals surface area (Å²) in [5.41, 5.74) is 1.23. The molecular weight excluding hydrogens is 407 g/mol. The molecule has 4 aromatic rings. The fourth-order valence-electron chi connectivity index (χ4n) is 4.33. The predicted octanol–water partition coefficient (Wildman–Crippen LogP) is 4.47. The molecule has 4 aromatic heterocycles. The molecule has 1 aliphatic rings. The van der Waals surface area contributed by atoms with Gasteiger partial charge in [0.15, 0.2) is 11.5 Å². The van der Waals surface area contributed by atoms with E-state index in [1.807, 2.05) is 17.7 Å². The van der Waals surface area contributed by atoms with Gasteiger partial charge in [0.05, 0.1) is 11.8 Å². The molecule has 0 spiro atoms. The van der Waals surface area contributed by atoms with Crippen molar-refractivity contribution in [2.24, 2.45) is 7.05 Å². The fraction of sp³-hybridized carbons (Fsp3) is 0.381. The Morgan fingerprint density at radius 2 is 1.87 bits per heavy atom. The zero-order valence-corrected chi connectivity index (χ0v) is 16.9. The van der Waals surface area contributed by atoms with Crippen LogP contribution in [0.2, 0.25) is 0 Å². The first-order valence-electron chi connectivity index (χ1n) is 10.2. The van der Waals surface area contributed by atoms with Crippen LogP contribution < -0.4 is 10.6 Å². The molecule has 0 saturated heterocycles. The number of halogens is 3. The number of rotatable bonds is 4. The van der Waals surface area contributed by atoms with Crippen molar-refractivity contribution in [3.63, 3.8) is 0 Å². The lowest BCUT2D eigenvalue weighted by Gasteiger charge is -2.31. The van der Waals surface area contributed by atoms with Gasteiger partial charge in [0, 0.05) is 31.5 Å². The molecule has 4 heterocycles. The van der Waals surface area contributed by atoms with Crippen LogP contribution in [0.5, 0.6) is 0 Å². The predicted molar refractivity (Wildman–Crippen MR) is 112 cm³/mol. The lowest BCUT2D eigenvalue weighted by molar-refractivity contribution is -0.140. The van der Waals surface area contributed by atoms with Gasteiger partial charge in [-0.1, -0.05) is 6.07 Å². The molecule has 0 aromatic carbocycles. The minimum absolute atomic E-state index is 0.124. The molecule has 162 valence electrons. The third-order valence-electron chi connectivity index (χ3n) is 5.78. The average molecular weight is 429 g/mol. The van der Waals surface area contributed by atoms with Gasteiger partial charge in [-0.05, 0) is 43.9 Å². The quantitative estimate of drug-likeness (QED) is 0.501. The van der Waals surface area contributed by atoms with Crippen molar-refractivity contribution in [2.45, 2.75) is 43.9 Å². The minimum Gasteiger partial charge on any atom is -0.368 e. The summed E-state index contributed by atoms with van der Waals surface area (Å²) in [5.74, 6) is 1.41. The number of imidazole rings is 2. The average Bonchev–Trinajstić information content (AvgIpc) is 3.34. The third-order valence-corrected chi connectivity index (χ3v) is 5.78. The Morgan fingerprint density at radius 1 is 1.06 bits per heavy atom. The number of alkyl halides is 3. The molecule has 0 radical (unpaired) electrons. The van der Waals surface area contributed by atoms with Crippen molar-refractivity contribution in [3.05, 3.63) is 48.7 Å². The lowest BCUT2D eigenvalue weighted by atomic mass is 9.91. The van der Waals surface area contributed by atoms with Gasteiger partial charge in [-0.15, -0.1) is 0 Å². The Bertz CT molecular complexity index is 1230. The van der Waals surface area contributed by atoms with Crippen molar-refractivity contribution in [1.29, 1.82) is 0 Å². The maximum atomic E-state index is 13.1. The number of fused-ring (bicyclic) bond motifs is 2. The Kier molecular flexibility index (Phi) is 4.71. The smallest absolute Gasteiger partial charge is 0.368 e. The Balaban J connectivity index is 1.34. The van der Waals surface area contributed by atoms with Gasteiger partial charge in [0.25, 0.3) is 0 Å². The second kappa shape index (κ2) is 7.44. The van der Waals surface area contributed by atoms with Crippen LogP contribution in [0.3, 0.4) is 0 Å². The largest absolute Gasteiger partial charge is 0.434 e. The normalized spacial score (nSPS) is 19.7. The van der Waals surface area contributed by atoms with E-state index in [-0.39, 0.29) is 17.7 Å². The summed E-state index contributed by atoms with van der Waals surface area (Å²) in [6.45, 7) is 0. The zero-order chi connectivity index (χ0) is 21.6. The number of anilines is 2. The molecule has 1 saturated carbocycles. The summed E-state index contributed by atoms with van der Waals surface area (Å²) in [5, 5.41) is 6.97. The molecule has 0 unspecified atom stereocenters. The number of nitrogens with zero attached hydrogens (tertiary/aromatic N) is 5. The summed E-state index contributed by atoms with van der Waals surface area (Å²) in [6, 6.07) is 7.28. The Labute approximate surface area is 176 Å². The van der Waals surface area contributed by atoms with Crippen LogP contribution in [0.15, 0.2) is 43.0 Å². The Morgan fingerprint density at radius 3 is 2.68 bits per heavy atom. The number of aryl methyl sites for hydroxylation is 1. The minimum atomic E-state index is -4.47. The van der Waals surface area contributed by atoms with Crippen LogP contribution in [0.1, 0.15) is 31.4 Å². The third kappa shape index (κ3) is 3.77. The van der Waals surface area contributed by atoms with Crippen molar-refractivity contribution >= 4 is 28.3 Å². The molecule has 2 atom stereocenters. The SMILES string of the molecule is Cn1cnc2ccnc(N[C@@H]3CCC[C@H](Nc4cccc5nc(C(F)(F)F)cn45)C3)c21. The van der Waals surface area contributed by atoms with Crippen LogP contribution in [-0.4, -0.2) is 36.0 Å². The van der Waals surface area contributed by atoms with Crippen LogP contribution in [0.25, 0.3) is 16.7 Å². The molecule has 1 fully saturated rings. The first-order chi connectivity index (χ1) is 14.9. The van der Waals surface area contributed by atoms with Gasteiger partial charge in [-0.2, -0.15) is 13.2 Å². The van der Waals surface area contributed by atoms with Gasteiger partial charge >= 0.3 is 6.18 Å². The van der Waals surface area contributed by atoms with Crippen LogP contribution >= 0.6 is 0 Å². The van der Waals surface area contributed by atoms with Crippen LogP contribution in [0, 0.1) is 0 Å². The van der Waals surface area contributed by atoms with Crippen molar-refractivity contribution in [1.82, 2.24) is 23.9 Å². The summed E-state index contributed by atoms with van der Waals surface area (Å²) in [4.78, 5) is 12.6. The first-order valence-corrected chi connectivity index (χ1v) is 10.2. The number of aromatic nitrogens is 5. The summed E-state index contributed by atoms with van der Waals surface area (Å²) >= 11 is 0. The summed E-state index contributed by atoms with van der Waals surface area (Å²) < 4.78 is 42.6. The van der Waals surface area contributed by atoms with Gasteiger partial charge < -0.3 is 15.2 Å². The summed E-state index contributed by atoms with van der Waals surface area (Å²) in [6.07, 6.45) is 3.86. The highest BCUT2D eigenvalue weighted by Gasteiger charge is 2.34. The van der Waals surface area contributed by atoms with E-state index in [1.54, 1.807) is 30.7 Å². The van der Waals surface area contributed by atoms with E-state index < -0.39 is 11.9 Å². The van der Waals surface area contributed by atoms with E-state index in [0.29, 0.717) is 5.82 Å². The molecule has 0 aliphatic heterocycles.